The average Bonchev–Trinajstić information content (AvgIpc) is 2.97. The van der Waals surface area contributed by atoms with Gasteiger partial charge in [0, 0.05) is 24.7 Å². The predicted molar refractivity (Wildman–Crippen MR) is 149 cm³/mol. The van der Waals surface area contributed by atoms with Crippen molar-refractivity contribution in [2.24, 2.45) is 0 Å². The van der Waals surface area contributed by atoms with Gasteiger partial charge in [-0.1, -0.05) is 72.8 Å². The quantitative estimate of drug-likeness (QED) is 0.256. The Bertz CT molecular complexity index is 1340. The van der Waals surface area contributed by atoms with E-state index in [1.54, 1.807) is 43.4 Å². The third-order valence-electron chi connectivity index (χ3n) is 6.44. The first kappa shape index (κ1) is 26.3. The molecular formula is C32H31N3O3. The normalized spacial score (nSPS) is 10.5. The highest BCUT2D eigenvalue weighted by Crippen LogP contribution is 2.30. The molecule has 4 rings (SSSR count). The van der Waals surface area contributed by atoms with Crippen LogP contribution in [0.5, 0.6) is 11.5 Å². The lowest BCUT2D eigenvalue weighted by molar-refractivity contribution is 0.207. The van der Waals surface area contributed by atoms with Gasteiger partial charge in [-0.2, -0.15) is 5.26 Å². The second kappa shape index (κ2) is 13.0. The highest BCUT2D eigenvalue weighted by Gasteiger charge is 2.20. The molecule has 0 saturated heterocycles. The van der Waals surface area contributed by atoms with Crippen molar-refractivity contribution < 1.29 is 14.3 Å². The minimum Gasteiger partial charge on any atom is -0.493 e. The van der Waals surface area contributed by atoms with Crippen molar-refractivity contribution in [3.8, 4) is 17.6 Å². The topological polar surface area (TPSA) is 74.6 Å². The first-order valence-electron chi connectivity index (χ1n) is 12.5. The van der Waals surface area contributed by atoms with Crippen molar-refractivity contribution in [3.63, 3.8) is 0 Å². The summed E-state index contributed by atoms with van der Waals surface area (Å²) in [4.78, 5) is 15.3. The summed E-state index contributed by atoms with van der Waals surface area (Å²) in [7, 11) is 3.19. The summed E-state index contributed by atoms with van der Waals surface area (Å²) in [5.74, 6) is 1.37. The Kier molecular flexibility index (Phi) is 8.98. The molecule has 0 heterocycles. The Morgan fingerprint density at radius 3 is 2.11 bits per heavy atom. The van der Waals surface area contributed by atoms with Crippen LogP contribution in [0.1, 0.15) is 34.6 Å². The molecule has 2 amide bonds. The molecule has 0 aliphatic carbocycles. The molecule has 0 saturated carbocycles. The highest BCUT2D eigenvalue weighted by atomic mass is 16.5. The number of rotatable bonds is 10. The lowest BCUT2D eigenvalue weighted by Crippen LogP contribution is -2.36. The van der Waals surface area contributed by atoms with Crippen molar-refractivity contribution in [2.75, 3.05) is 26.1 Å². The third-order valence-corrected chi connectivity index (χ3v) is 6.44. The van der Waals surface area contributed by atoms with Crippen LogP contribution in [0.4, 0.5) is 10.5 Å². The van der Waals surface area contributed by atoms with E-state index in [-0.39, 0.29) is 11.9 Å². The molecule has 0 atom stereocenters. The Hall–Kier alpha value is -4.76. The van der Waals surface area contributed by atoms with Gasteiger partial charge in [0.1, 0.15) is 0 Å². The predicted octanol–water partition coefficient (Wildman–Crippen LogP) is 6.83. The lowest BCUT2D eigenvalue weighted by Gasteiger charge is -2.27. The van der Waals surface area contributed by atoms with E-state index in [1.165, 1.54) is 11.1 Å². The van der Waals surface area contributed by atoms with Gasteiger partial charge < -0.3 is 19.7 Å². The SMILES string of the molecule is COc1ccc(CN(CCC(c2ccccc2)c2ccccc2)C(=O)Nc2cccc(C#N)c2)cc1OC. The number of carbonyl (C=O) groups excluding carboxylic acids is 1. The number of nitrogens with one attached hydrogen (secondary N) is 1. The van der Waals surface area contributed by atoms with Crippen LogP contribution in [0, 0.1) is 11.3 Å². The van der Waals surface area contributed by atoms with E-state index in [9.17, 15) is 10.1 Å². The number of benzene rings is 4. The van der Waals surface area contributed by atoms with Crippen molar-refractivity contribution in [1.82, 2.24) is 4.90 Å². The summed E-state index contributed by atoms with van der Waals surface area (Å²) >= 11 is 0. The van der Waals surface area contributed by atoms with Gasteiger partial charge in [0.05, 0.1) is 25.9 Å². The fraction of sp³-hybridized carbons (Fsp3) is 0.188. The molecule has 192 valence electrons. The van der Waals surface area contributed by atoms with Crippen molar-refractivity contribution >= 4 is 11.7 Å². The molecule has 4 aromatic rings. The smallest absolute Gasteiger partial charge is 0.322 e. The van der Waals surface area contributed by atoms with E-state index < -0.39 is 0 Å². The zero-order valence-electron chi connectivity index (χ0n) is 21.6. The Balaban J connectivity index is 1.61. The number of nitriles is 1. The minimum absolute atomic E-state index is 0.125. The molecule has 0 spiro atoms. The number of methoxy groups -OCH3 is 2. The van der Waals surface area contributed by atoms with E-state index in [0.29, 0.717) is 35.8 Å². The second-order valence-corrected chi connectivity index (χ2v) is 8.90. The van der Waals surface area contributed by atoms with Crippen LogP contribution in [-0.4, -0.2) is 31.7 Å². The fourth-order valence-electron chi connectivity index (χ4n) is 4.50. The maximum atomic E-state index is 13.6. The van der Waals surface area contributed by atoms with Gasteiger partial charge in [0.2, 0.25) is 0 Å². The van der Waals surface area contributed by atoms with Gasteiger partial charge in [-0.25, -0.2) is 4.79 Å². The van der Waals surface area contributed by atoms with Gasteiger partial charge in [-0.3, -0.25) is 0 Å². The van der Waals surface area contributed by atoms with Gasteiger partial charge in [-0.05, 0) is 53.4 Å². The van der Waals surface area contributed by atoms with Gasteiger partial charge in [-0.15, -0.1) is 0 Å². The van der Waals surface area contributed by atoms with Gasteiger partial charge in [0.15, 0.2) is 11.5 Å². The molecule has 0 bridgehead atoms. The first-order chi connectivity index (χ1) is 18.6. The maximum absolute atomic E-state index is 13.6. The molecule has 1 N–H and O–H groups in total. The van der Waals surface area contributed by atoms with E-state index in [2.05, 4.69) is 35.7 Å². The third kappa shape index (κ3) is 6.71. The lowest BCUT2D eigenvalue weighted by atomic mass is 9.88. The molecule has 0 unspecified atom stereocenters. The molecule has 6 heteroatoms. The summed E-state index contributed by atoms with van der Waals surface area (Å²) in [5, 5.41) is 12.2. The molecule has 0 aliphatic heterocycles. The van der Waals surface area contributed by atoms with Crippen molar-refractivity contribution in [3.05, 3.63) is 125 Å². The van der Waals surface area contributed by atoms with Crippen LogP contribution in [0.3, 0.4) is 0 Å². The molecular weight excluding hydrogens is 474 g/mol. The number of ether oxygens (including phenoxy) is 2. The van der Waals surface area contributed by atoms with Crippen LogP contribution >= 0.6 is 0 Å². The Morgan fingerprint density at radius 1 is 0.842 bits per heavy atom. The Labute approximate surface area is 224 Å². The monoisotopic (exact) mass is 505 g/mol. The zero-order valence-corrected chi connectivity index (χ0v) is 21.6. The van der Waals surface area contributed by atoms with E-state index in [1.807, 2.05) is 54.6 Å². The zero-order chi connectivity index (χ0) is 26.7. The minimum atomic E-state index is -0.241. The van der Waals surface area contributed by atoms with Crippen LogP contribution in [0.25, 0.3) is 0 Å². The summed E-state index contributed by atoms with van der Waals surface area (Å²) in [6.07, 6.45) is 0.729. The summed E-state index contributed by atoms with van der Waals surface area (Å²) in [6, 6.07) is 35.2. The van der Waals surface area contributed by atoms with Crippen LogP contribution in [0.15, 0.2) is 103 Å². The van der Waals surface area contributed by atoms with Crippen LogP contribution < -0.4 is 14.8 Å². The summed E-state index contributed by atoms with van der Waals surface area (Å²) in [6.45, 7) is 0.882. The molecule has 38 heavy (non-hydrogen) atoms. The van der Waals surface area contributed by atoms with E-state index >= 15 is 0 Å². The molecule has 0 radical (unpaired) electrons. The second-order valence-electron chi connectivity index (χ2n) is 8.90. The Morgan fingerprint density at radius 2 is 1.50 bits per heavy atom. The number of anilines is 1. The molecule has 0 fully saturated rings. The summed E-state index contributed by atoms with van der Waals surface area (Å²) in [5.41, 5.74) is 4.38. The maximum Gasteiger partial charge on any atom is 0.322 e. The largest absolute Gasteiger partial charge is 0.493 e. The number of urea groups is 1. The number of hydrogen-bond donors (Lipinski definition) is 1. The number of carbonyl (C=O) groups is 1. The highest BCUT2D eigenvalue weighted by molar-refractivity contribution is 5.89. The standard InChI is InChI=1S/C32H31N3O3/c1-37-30-17-16-25(21-31(30)38-2)23-35(32(36)34-28-15-9-10-24(20-28)22-33)19-18-29(26-11-5-3-6-12-26)27-13-7-4-8-14-27/h3-17,20-21,29H,18-19,23H2,1-2H3,(H,34,36). The number of nitrogens with zero attached hydrogens (tertiary/aromatic N) is 2. The van der Waals surface area contributed by atoms with Crippen LogP contribution in [0.2, 0.25) is 0 Å². The molecule has 4 aromatic carbocycles. The van der Waals surface area contributed by atoms with Crippen LogP contribution in [-0.2, 0) is 6.54 Å². The number of amides is 2. The first-order valence-corrected chi connectivity index (χ1v) is 12.5. The van der Waals surface area contributed by atoms with E-state index in [0.717, 1.165) is 12.0 Å². The molecule has 0 aromatic heterocycles. The fourth-order valence-corrected chi connectivity index (χ4v) is 4.50. The molecule has 6 nitrogen and oxygen atoms in total. The van der Waals surface area contributed by atoms with Gasteiger partial charge in [0.25, 0.3) is 0 Å². The number of hydrogen-bond acceptors (Lipinski definition) is 4. The van der Waals surface area contributed by atoms with Crippen molar-refractivity contribution in [1.29, 1.82) is 5.26 Å². The molecule has 0 aliphatic rings. The summed E-state index contributed by atoms with van der Waals surface area (Å²) < 4.78 is 10.9. The average molecular weight is 506 g/mol. The van der Waals surface area contributed by atoms with Crippen molar-refractivity contribution in [2.45, 2.75) is 18.9 Å². The van der Waals surface area contributed by atoms with E-state index in [4.69, 9.17) is 9.47 Å². The van der Waals surface area contributed by atoms with Gasteiger partial charge >= 0.3 is 6.03 Å².